The second-order valence-corrected chi connectivity index (χ2v) is 11.1. The largest absolute Gasteiger partial charge is 0.506 e. The standard InChI is InChI=1S/C27H32N7O4P3/c1-15-33(13-16-8-22(39)24(41)23(40)9-16)26(32-27(38)34(15)14-17-4-2-6-30-25(17)37)31-20-10-18(12-29-5-3-7-35)19(28)11-21(20)36/h2,4,6,8-12,35-36H,1,3,5,7,13-14,28,39-41H2,(H,30,37)(H,31,32,38). The summed E-state index contributed by atoms with van der Waals surface area (Å²) in [7, 11) is 8.12. The molecule has 2 amide bonds. The molecule has 3 unspecified atom stereocenters. The maximum absolute atomic E-state index is 13.3. The number of aromatic amines is 1. The molecule has 2 aromatic carbocycles. The second kappa shape index (κ2) is 13.4. The number of phenolic OH excluding ortho intramolecular Hbond substituents is 1. The monoisotopic (exact) mass is 611 g/mol. The van der Waals surface area contributed by atoms with Gasteiger partial charge in [-0.05, 0) is 52.2 Å². The first-order valence-electron chi connectivity index (χ1n) is 12.6. The summed E-state index contributed by atoms with van der Waals surface area (Å²) in [6.07, 6.45) is 3.58. The average Bonchev–Trinajstić information content (AvgIpc) is 2.93. The summed E-state index contributed by atoms with van der Waals surface area (Å²) in [6.45, 7) is 4.87. The minimum atomic E-state index is -0.534. The molecule has 0 spiro atoms. The van der Waals surface area contributed by atoms with Gasteiger partial charge in [0.2, 0.25) is 5.96 Å². The Labute approximate surface area is 244 Å². The molecule has 0 radical (unpaired) electrons. The van der Waals surface area contributed by atoms with Gasteiger partial charge in [-0.15, -0.1) is 27.7 Å². The van der Waals surface area contributed by atoms with Gasteiger partial charge in [-0.1, -0.05) is 12.6 Å². The molecule has 1 aromatic heterocycles. The molecule has 3 atom stereocenters. The van der Waals surface area contributed by atoms with Gasteiger partial charge in [-0.25, -0.2) is 9.79 Å². The first kappa shape index (κ1) is 30.4. The molecule has 1 saturated heterocycles. The third-order valence-electron chi connectivity index (χ3n) is 6.30. The highest BCUT2D eigenvalue weighted by Gasteiger charge is 2.33. The number of nitrogen functional groups attached to an aromatic ring is 1. The normalized spacial score (nSPS) is 14.8. The Morgan fingerprint density at radius 2 is 1.80 bits per heavy atom. The van der Waals surface area contributed by atoms with Crippen molar-refractivity contribution < 1.29 is 15.0 Å². The molecule has 6 N–H and O–H groups in total. The number of benzene rings is 2. The van der Waals surface area contributed by atoms with E-state index in [0.717, 1.165) is 21.5 Å². The van der Waals surface area contributed by atoms with Crippen molar-refractivity contribution >= 4 is 73.2 Å². The van der Waals surface area contributed by atoms with Gasteiger partial charge < -0.3 is 20.9 Å². The second-order valence-electron chi connectivity index (χ2n) is 9.25. The Bertz CT molecular complexity index is 1580. The number of nitrogens with one attached hydrogen (secondary N) is 2. The van der Waals surface area contributed by atoms with Gasteiger partial charge in [-0.3, -0.25) is 24.9 Å². The zero-order chi connectivity index (χ0) is 29.7. The average molecular weight is 612 g/mol. The van der Waals surface area contributed by atoms with E-state index in [2.05, 4.69) is 54.6 Å². The van der Waals surface area contributed by atoms with E-state index in [4.69, 9.17) is 10.8 Å². The Kier molecular flexibility index (Phi) is 9.90. The summed E-state index contributed by atoms with van der Waals surface area (Å²) in [5.74, 6) is 0.237. The van der Waals surface area contributed by atoms with E-state index in [-0.39, 0.29) is 42.7 Å². The number of nitrogens with zero attached hydrogens (tertiary/aromatic N) is 4. The number of hydrogen-bond acceptors (Lipinski definition) is 7. The number of aromatic hydroxyl groups is 1. The topological polar surface area (TPSA) is 160 Å². The minimum Gasteiger partial charge on any atom is -0.506 e. The zero-order valence-electron chi connectivity index (χ0n) is 22.2. The van der Waals surface area contributed by atoms with E-state index in [1.54, 1.807) is 29.3 Å². The Morgan fingerprint density at radius 3 is 2.49 bits per heavy atom. The summed E-state index contributed by atoms with van der Waals surface area (Å²) in [5, 5.41) is 25.5. The van der Waals surface area contributed by atoms with Gasteiger partial charge in [0.1, 0.15) is 17.3 Å². The van der Waals surface area contributed by atoms with Crippen molar-refractivity contribution in [1.82, 2.24) is 20.1 Å². The lowest BCUT2D eigenvalue weighted by atomic mass is 10.1. The van der Waals surface area contributed by atoms with Crippen LogP contribution in [-0.2, 0) is 13.1 Å². The molecule has 3 aromatic rings. The molecule has 2 heterocycles. The quantitative estimate of drug-likeness (QED) is 0.106. The van der Waals surface area contributed by atoms with Crippen LogP contribution in [0.4, 0.5) is 16.2 Å². The van der Waals surface area contributed by atoms with Crippen molar-refractivity contribution in [2.45, 2.75) is 19.5 Å². The van der Waals surface area contributed by atoms with Crippen molar-refractivity contribution in [1.29, 1.82) is 0 Å². The van der Waals surface area contributed by atoms with Crippen LogP contribution in [0.1, 0.15) is 23.1 Å². The van der Waals surface area contributed by atoms with Gasteiger partial charge in [0.15, 0.2) is 0 Å². The fourth-order valence-corrected chi connectivity index (χ4v) is 5.17. The van der Waals surface area contributed by atoms with E-state index < -0.39 is 6.03 Å². The first-order valence-corrected chi connectivity index (χ1v) is 14.3. The molecule has 41 heavy (non-hydrogen) atoms. The molecule has 1 fully saturated rings. The van der Waals surface area contributed by atoms with Gasteiger partial charge >= 0.3 is 6.03 Å². The number of aromatic nitrogens is 1. The lowest BCUT2D eigenvalue weighted by Crippen LogP contribution is -2.57. The molecule has 0 aliphatic carbocycles. The predicted molar refractivity (Wildman–Crippen MR) is 174 cm³/mol. The highest BCUT2D eigenvalue weighted by molar-refractivity contribution is 7.40. The van der Waals surface area contributed by atoms with Crippen LogP contribution in [0.2, 0.25) is 0 Å². The van der Waals surface area contributed by atoms with Crippen LogP contribution in [0.3, 0.4) is 0 Å². The van der Waals surface area contributed by atoms with Crippen molar-refractivity contribution in [3.63, 3.8) is 0 Å². The van der Waals surface area contributed by atoms with E-state index in [9.17, 15) is 14.7 Å². The molecule has 11 nitrogen and oxygen atoms in total. The van der Waals surface area contributed by atoms with Crippen LogP contribution >= 0.6 is 27.7 Å². The lowest BCUT2D eigenvalue weighted by Gasteiger charge is -2.39. The van der Waals surface area contributed by atoms with E-state index in [1.165, 1.54) is 17.2 Å². The molecule has 0 bridgehead atoms. The Balaban J connectivity index is 1.75. The number of amides is 2. The first-order chi connectivity index (χ1) is 19.6. The summed E-state index contributed by atoms with van der Waals surface area (Å²) in [5.41, 5.74) is 8.03. The molecule has 214 valence electrons. The number of nitrogens with two attached hydrogens (primary N) is 1. The van der Waals surface area contributed by atoms with Crippen molar-refractivity contribution in [2.75, 3.05) is 18.9 Å². The van der Waals surface area contributed by atoms with Gasteiger partial charge in [0.05, 0.1) is 13.1 Å². The summed E-state index contributed by atoms with van der Waals surface area (Å²) in [4.78, 5) is 40.2. The number of urea groups is 1. The molecule has 1 aliphatic heterocycles. The van der Waals surface area contributed by atoms with E-state index in [1.807, 2.05) is 12.1 Å². The highest BCUT2D eigenvalue weighted by Crippen LogP contribution is 2.32. The SMILES string of the molecule is C=C1N(Cc2ccc[nH]c2=O)C(=O)NC(=Nc2cc(C=NCCCO)c(N)cc2O)N1Cc1cc(P)c(P)c(P)c1. The Morgan fingerprint density at radius 1 is 1.07 bits per heavy atom. The van der Waals surface area contributed by atoms with Gasteiger partial charge in [0.25, 0.3) is 5.56 Å². The summed E-state index contributed by atoms with van der Waals surface area (Å²) >= 11 is 0. The summed E-state index contributed by atoms with van der Waals surface area (Å²) in [6, 6.07) is 9.71. The van der Waals surface area contributed by atoms with Crippen LogP contribution in [0.25, 0.3) is 0 Å². The number of H-pyrrole nitrogens is 1. The number of aliphatic hydroxyl groups is 1. The summed E-state index contributed by atoms with van der Waals surface area (Å²) < 4.78 is 0. The zero-order valence-corrected chi connectivity index (χ0v) is 25.6. The van der Waals surface area contributed by atoms with Gasteiger partial charge in [0, 0.05) is 48.4 Å². The highest BCUT2D eigenvalue weighted by atomic mass is 31.0. The number of carbonyl (C=O) groups excluding carboxylic acids is 1. The van der Waals surface area contributed by atoms with Crippen molar-refractivity contribution in [2.24, 2.45) is 9.98 Å². The van der Waals surface area contributed by atoms with Crippen LogP contribution in [-0.4, -0.2) is 56.4 Å². The fraction of sp³-hybridized carbons (Fsp3) is 0.185. The van der Waals surface area contributed by atoms with E-state index >= 15 is 0 Å². The molecular formula is C27H32N7O4P3. The molecular weight excluding hydrogens is 579 g/mol. The molecule has 14 heteroatoms. The van der Waals surface area contributed by atoms with Crippen molar-refractivity contribution in [3.05, 3.63) is 82.0 Å². The smallest absolute Gasteiger partial charge is 0.330 e. The van der Waals surface area contributed by atoms with Crippen LogP contribution in [0, 0.1) is 0 Å². The minimum absolute atomic E-state index is 0.0134. The number of hydrogen-bond donors (Lipinski definition) is 5. The number of rotatable bonds is 9. The number of pyridine rings is 1. The number of phenols is 1. The molecule has 1 aliphatic rings. The van der Waals surface area contributed by atoms with Gasteiger partial charge in [-0.2, -0.15) is 0 Å². The van der Waals surface area contributed by atoms with Crippen LogP contribution in [0.15, 0.2) is 69.8 Å². The number of aliphatic hydroxyl groups excluding tert-OH is 1. The number of carbonyl (C=O) groups is 1. The molecule has 4 rings (SSSR count). The number of aliphatic imine (C=N–C) groups is 2. The van der Waals surface area contributed by atoms with E-state index in [0.29, 0.717) is 35.6 Å². The maximum atomic E-state index is 13.3. The fourth-order valence-electron chi connectivity index (χ4n) is 4.07. The van der Waals surface area contributed by atoms with Crippen LogP contribution < -0.4 is 32.5 Å². The number of anilines is 1. The lowest BCUT2D eigenvalue weighted by molar-refractivity contribution is 0.188. The maximum Gasteiger partial charge on any atom is 0.330 e. The number of guanidine groups is 1. The van der Waals surface area contributed by atoms with Crippen molar-refractivity contribution in [3.8, 4) is 5.75 Å². The third kappa shape index (κ3) is 7.19. The molecule has 0 saturated carbocycles. The Hall–Kier alpha value is -3.61. The third-order valence-corrected chi connectivity index (χ3v) is 8.59. The predicted octanol–water partition coefficient (Wildman–Crippen LogP) is 1.15. The van der Waals surface area contributed by atoms with Crippen LogP contribution in [0.5, 0.6) is 5.75 Å².